The molecule has 0 aliphatic carbocycles. The molecule has 14 rings (SSSR count). The largest absolute Gasteiger partial charge is 0.416 e. The highest BCUT2D eigenvalue weighted by molar-refractivity contribution is 6.13. The fourth-order valence-electron chi connectivity index (χ4n) is 11.2. The summed E-state index contributed by atoms with van der Waals surface area (Å²) in [7, 11) is 0. The predicted molar refractivity (Wildman–Crippen MR) is 316 cm³/mol. The molecule has 0 amide bonds. The third-order valence-electron chi connectivity index (χ3n) is 15.1. The van der Waals surface area contributed by atoms with Crippen LogP contribution in [-0.2, 0) is 6.18 Å². The molecule has 0 atom stereocenters. The van der Waals surface area contributed by atoms with Crippen molar-refractivity contribution in [3.8, 4) is 90.0 Å². The maximum atomic E-state index is 15.2. The molecule has 14 aromatic rings. The topological polar surface area (TPSA) is 48.5 Å². The van der Waals surface area contributed by atoms with E-state index in [9.17, 15) is 0 Å². The van der Waals surface area contributed by atoms with Crippen molar-refractivity contribution in [1.82, 2.24) is 24.1 Å². The van der Waals surface area contributed by atoms with Crippen LogP contribution in [0.15, 0.2) is 261 Å². The smallest absolute Gasteiger partial charge is 0.309 e. The van der Waals surface area contributed by atoms with E-state index in [2.05, 4.69) is 144 Å². The Morgan fingerprint density at radius 2 is 0.646 bits per heavy atom. The monoisotopic (exact) mass is 1030 g/mol. The molecule has 0 unspecified atom stereocenters. The number of benzene rings is 11. The van der Waals surface area contributed by atoms with Gasteiger partial charge in [-0.3, -0.25) is 0 Å². The first kappa shape index (κ1) is 47.3. The van der Waals surface area contributed by atoms with E-state index in [4.69, 9.17) is 15.0 Å². The quantitative estimate of drug-likeness (QED) is 0.145. The number of hydrogen-bond donors (Lipinski definition) is 0. The van der Waals surface area contributed by atoms with Crippen LogP contribution in [0.3, 0.4) is 0 Å². The van der Waals surface area contributed by atoms with Crippen LogP contribution in [0, 0.1) is 6.92 Å². The van der Waals surface area contributed by atoms with E-state index in [-0.39, 0.29) is 11.5 Å². The van der Waals surface area contributed by atoms with Gasteiger partial charge < -0.3 is 9.13 Å². The molecule has 0 fully saturated rings. The zero-order chi connectivity index (χ0) is 53.2. The second kappa shape index (κ2) is 19.1. The minimum absolute atomic E-state index is 0.221. The molecule has 0 saturated carbocycles. The molecule has 11 aromatic carbocycles. The molecule has 3 heterocycles. The lowest BCUT2D eigenvalue weighted by atomic mass is 10.0. The maximum absolute atomic E-state index is 15.2. The van der Waals surface area contributed by atoms with Gasteiger partial charge in [0, 0.05) is 38.2 Å². The van der Waals surface area contributed by atoms with Crippen molar-refractivity contribution >= 4 is 43.6 Å². The molecule has 5 nitrogen and oxygen atoms in total. The summed E-state index contributed by atoms with van der Waals surface area (Å²) in [5.74, 6) is 0.967. The average molecular weight is 1030 g/mol. The predicted octanol–water partition coefficient (Wildman–Crippen LogP) is 19.1. The van der Waals surface area contributed by atoms with Gasteiger partial charge in [0.1, 0.15) is 0 Å². The highest BCUT2D eigenvalue weighted by Gasteiger charge is 2.33. The van der Waals surface area contributed by atoms with Gasteiger partial charge in [-0.15, -0.1) is 0 Å². The van der Waals surface area contributed by atoms with E-state index in [0.29, 0.717) is 17.2 Å². The van der Waals surface area contributed by atoms with Gasteiger partial charge in [0.2, 0.25) is 0 Å². The molecule has 0 aliphatic rings. The Hall–Kier alpha value is -10.2. The summed E-state index contributed by atoms with van der Waals surface area (Å²) in [5.41, 5.74) is 15.1. The zero-order valence-electron chi connectivity index (χ0n) is 42.7. The lowest BCUT2D eigenvalue weighted by Gasteiger charge is -2.18. The summed E-state index contributed by atoms with van der Waals surface area (Å²) in [6, 6.07) is 86.5. The molecule has 3 aromatic heterocycles. The Kier molecular flexibility index (Phi) is 11.4. The summed E-state index contributed by atoms with van der Waals surface area (Å²) in [6.45, 7) is 2.04. The van der Waals surface area contributed by atoms with Crippen LogP contribution >= 0.6 is 0 Å². The van der Waals surface area contributed by atoms with E-state index in [1.54, 1.807) is 0 Å². The number of rotatable bonds is 9. The van der Waals surface area contributed by atoms with Crippen molar-refractivity contribution < 1.29 is 13.2 Å². The Bertz CT molecular complexity index is 4430. The molecule has 0 bridgehead atoms. The third kappa shape index (κ3) is 8.51. The van der Waals surface area contributed by atoms with Crippen molar-refractivity contribution in [1.29, 1.82) is 0 Å². The van der Waals surface area contributed by atoms with Gasteiger partial charge in [0.05, 0.1) is 39.0 Å². The molecule has 0 radical (unpaired) electrons. The Morgan fingerprint density at radius 1 is 0.291 bits per heavy atom. The number of nitrogens with zero attached hydrogens (tertiary/aromatic N) is 5. The molecular formula is C71H46F3N5. The fourth-order valence-corrected chi connectivity index (χ4v) is 11.2. The van der Waals surface area contributed by atoms with E-state index in [1.165, 1.54) is 12.1 Å². The Morgan fingerprint density at radius 3 is 1.04 bits per heavy atom. The number of alkyl halides is 3. The number of aromatic nitrogens is 5. The highest BCUT2D eigenvalue weighted by atomic mass is 19.4. The summed E-state index contributed by atoms with van der Waals surface area (Å²) in [6.07, 6.45) is -4.66. The van der Waals surface area contributed by atoms with Gasteiger partial charge in [0.25, 0.3) is 0 Å². The van der Waals surface area contributed by atoms with Crippen LogP contribution in [0.4, 0.5) is 13.2 Å². The van der Waals surface area contributed by atoms with Gasteiger partial charge >= 0.3 is 6.18 Å². The maximum Gasteiger partial charge on any atom is 0.416 e. The van der Waals surface area contributed by atoms with E-state index >= 15 is 13.2 Å². The van der Waals surface area contributed by atoms with Crippen LogP contribution in [0.2, 0.25) is 0 Å². The molecule has 79 heavy (non-hydrogen) atoms. The molecule has 0 spiro atoms. The van der Waals surface area contributed by atoms with E-state index in [0.717, 1.165) is 117 Å². The normalized spacial score (nSPS) is 11.8. The molecule has 0 saturated heterocycles. The first-order valence-corrected chi connectivity index (χ1v) is 26.2. The standard InChI is InChI=1S/C71H46F3N5/c1-45-27-34-66(78-62-35-28-51(46-17-7-2-8-18-46)40-57(62)58-41-52(29-36-63(58)78)47-19-9-3-10-20-47)61(39-45)70-76-68(50-25-15-6-16-26-50)75-69(77-70)56-33-32-55(71(72,73)74)44-67(56)79-64-37-30-53(48-21-11-4-12-22-48)42-59(64)60-43-54(31-38-65(60)79)49-23-13-5-14-24-49/h2-44H,1H3. The SMILES string of the molecule is Cc1ccc(-n2c3ccc(-c4ccccc4)cc3c3cc(-c4ccccc4)ccc32)c(-c2nc(-c3ccccc3)nc(-c3ccc(C(F)(F)F)cc3-n3c4ccc(-c5ccccc5)cc4c4cc(-c5ccccc5)ccc43)n2)c1. The van der Waals surface area contributed by atoms with Crippen molar-refractivity contribution in [2.45, 2.75) is 13.1 Å². The number of fused-ring (bicyclic) bond motifs is 6. The number of halogens is 3. The summed E-state index contributed by atoms with van der Waals surface area (Å²) in [4.78, 5) is 15.9. The average Bonchev–Trinajstić information content (AvgIpc) is 4.26. The van der Waals surface area contributed by atoms with Gasteiger partial charge in [-0.1, -0.05) is 188 Å². The molecule has 8 heteroatoms. The van der Waals surface area contributed by atoms with Gasteiger partial charge in [-0.25, -0.2) is 15.0 Å². The summed E-state index contributed by atoms with van der Waals surface area (Å²) < 4.78 is 49.9. The second-order valence-electron chi connectivity index (χ2n) is 20.0. The summed E-state index contributed by atoms with van der Waals surface area (Å²) in [5, 5.41) is 3.94. The van der Waals surface area contributed by atoms with E-state index < -0.39 is 11.7 Å². The number of hydrogen-bond acceptors (Lipinski definition) is 3. The third-order valence-corrected chi connectivity index (χ3v) is 15.1. The van der Waals surface area contributed by atoms with Crippen molar-refractivity contribution in [2.24, 2.45) is 0 Å². The fraction of sp³-hybridized carbons (Fsp3) is 0.0282. The van der Waals surface area contributed by atoms with Crippen molar-refractivity contribution in [2.75, 3.05) is 0 Å². The van der Waals surface area contributed by atoms with Crippen molar-refractivity contribution in [3.63, 3.8) is 0 Å². The first-order valence-electron chi connectivity index (χ1n) is 26.2. The number of aryl methyl sites for hydroxylation is 1. The van der Waals surface area contributed by atoms with Gasteiger partial charge in [-0.2, -0.15) is 13.2 Å². The Labute approximate surface area is 453 Å². The highest BCUT2D eigenvalue weighted by Crippen LogP contribution is 2.44. The van der Waals surface area contributed by atoms with Crippen LogP contribution in [0.1, 0.15) is 11.1 Å². The molecule has 376 valence electrons. The first-order chi connectivity index (χ1) is 38.7. The zero-order valence-corrected chi connectivity index (χ0v) is 42.7. The second-order valence-corrected chi connectivity index (χ2v) is 20.0. The van der Waals surface area contributed by atoms with Crippen LogP contribution in [-0.4, -0.2) is 24.1 Å². The minimum Gasteiger partial charge on any atom is -0.309 e. The molecule has 0 aliphatic heterocycles. The van der Waals surface area contributed by atoms with Crippen LogP contribution in [0.25, 0.3) is 134 Å². The Balaban J connectivity index is 1.02. The van der Waals surface area contributed by atoms with Crippen LogP contribution < -0.4 is 0 Å². The molecule has 0 N–H and O–H groups in total. The summed E-state index contributed by atoms with van der Waals surface area (Å²) >= 11 is 0. The van der Waals surface area contributed by atoms with Crippen molar-refractivity contribution in [3.05, 3.63) is 272 Å². The minimum atomic E-state index is -4.66. The van der Waals surface area contributed by atoms with Gasteiger partial charge in [-0.05, 0) is 130 Å². The van der Waals surface area contributed by atoms with E-state index in [1.807, 2.05) is 115 Å². The van der Waals surface area contributed by atoms with Crippen LogP contribution in [0.5, 0.6) is 0 Å². The van der Waals surface area contributed by atoms with Gasteiger partial charge in [0.15, 0.2) is 17.5 Å². The molecular weight excluding hydrogens is 980 g/mol. The lowest BCUT2D eigenvalue weighted by Crippen LogP contribution is -2.09. The lowest BCUT2D eigenvalue weighted by molar-refractivity contribution is -0.137.